The third-order valence-electron chi connectivity index (χ3n) is 1.82. The largest absolute Gasteiger partial charge is 0.204 e. The van der Waals surface area contributed by atoms with Crippen molar-refractivity contribution < 1.29 is 8.78 Å². The van der Waals surface area contributed by atoms with Crippen LogP contribution in [0.15, 0.2) is 12.1 Å². The number of rotatable bonds is 1. The molecule has 0 radical (unpaired) electrons. The topological polar surface area (TPSA) is 0 Å². The number of halogens is 3. The molecule has 1 rings (SSSR count). The van der Waals surface area contributed by atoms with Crippen molar-refractivity contribution in [3.05, 3.63) is 28.8 Å². The molecule has 0 nitrogen and oxygen atoms in total. The second-order valence-corrected chi connectivity index (χ2v) is 9.44. The predicted molar refractivity (Wildman–Crippen MR) is 54.3 cm³/mol. The number of hydrogen-bond donors (Lipinski definition) is 0. The highest BCUT2D eigenvalue weighted by Crippen LogP contribution is 2.16. The molecule has 0 atom stereocenters. The van der Waals surface area contributed by atoms with Crippen LogP contribution < -0.4 is 5.19 Å². The Hall–Kier alpha value is -0.413. The SMILES string of the molecule is C[Si](C)(C)c1cc(F)c(F)cc1Cl. The molecule has 0 amide bonds. The summed E-state index contributed by atoms with van der Waals surface area (Å²) in [6, 6.07) is 2.26. The summed E-state index contributed by atoms with van der Waals surface area (Å²) in [6.07, 6.45) is 0. The van der Waals surface area contributed by atoms with Crippen LogP contribution >= 0.6 is 11.6 Å². The van der Waals surface area contributed by atoms with Gasteiger partial charge in [-0.25, -0.2) is 8.78 Å². The predicted octanol–water partition coefficient (Wildman–Crippen LogP) is 3.16. The van der Waals surface area contributed by atoms with Crippen LogP contribution in [0.4, 0.5) is 8.78 Å². The van der Waals surface area contributed by atoms with Crippen LogP contribution in [0, 0.1) is 11.6 Å². The van der Waals surface area contributed by atoms with E-state index in [2.05, 4.69) is 0 Å². The summed E-state index contributed by atoms with van der Waals surface area (Å²) in [5.74, 6) is -1.70. The summed E-state index contributed by atoms with van der Waals surface area (Å²) in [7, 11) is -1.67. The van der Waals surface area contributed by atoms with Crippen molar-refractivity contribution in [1.29, 1.82) is 0 Å². The van der Waals surface area contributed by atoms with E-state index in [1.807, 2.05) is 19.6 Å². The van der Waals surface area contributed by atoms with Gasteiger partial charge in [0.2, 0.25) is 0 Å². The van der Waals surface area contributed by atoms with Gasteiger partial charge in [-0.05, 0) is 17.3 Å². The first kappa shape index (κ1) is 10.7. The molecule has 0 aromatic heterocycles. The van der Waals surface area contributed by atoms with Crippen molar-refractivity contribution >= 4 is 24.9 Å². The van der Waals surface area contributed by atoms with Crippen LogP contribution in [0.25, 0.3) is 0 Å². The zero-order valence-electron chi connectivity index (χ0n) is 7.79. The molecule has 0 aliphatic carbocycles. The van der Waals surface area contributed by atoms with Crippen molar-refractivity contribution in [2.75, 3.05) is 0 Å². The second-order valence-electron chi connectivity index (χ2n) is 4.00. The molecular formula is C9H11ClF2Si. The Labute approximate surface area is 82.5 Å². The normalized spacial score (nSPS) is 11.8. The van der Waals surface area contributed by atoms with Gasteiger partial charge in [-0.3, -0.25) is 0 Å². The number of hydrogen-bond acceptors (Lipinski definition) is 0. The molecule has 0 aliphatic rings. The van der Waals surface area contributed by atoms with Crippen molar-refractivity contribution in [3.8, 4) is 0 Å². The van der Waals surface area contributed by atoms with Crippen LogP contribution in [0.2, 0.25) is 24.7 Å². The van der Waals surface area contributed by atoms with E-state index in [1.54, 1.807) is 0 Å². The number of benzene rings is 1. The van der Waals surface area contributed by atoms with Crippen LogP contribution in [0.3, 0.4) is 0 Å². The summed E-state index contributed by atoms with van der Waals surface area (Å²) >= 11 is 5.81. The van der Waals surface area contributed by atoms with Crippen LogP contribution in [0.5, 0.6) is 0 Å². The lowest BCUT2D eigenvalue weighted by Crippen LogP contribution is -2.38. The second kappa shape index (κ2) is 3.39. The maximum atomic E-state index is 12.9. The van der Waals surface area contributed by atoms with Crippen LogP contribution in [-0.2, 0) is 0 Å². The van der Waals surface area contributed by atoms with Gasteiger partial charge in [0.15, 0.2) is 11.6 Å². The smallest absolute Gasteiger partial charge is 0.160 e. The molecule has 0 saturated carbocycles. The van der Waals surface area contributed by atoms with E-state index in [9.17, 15) is 8.78 Å². The zero-order valence-corrected chi connectivity index (χ0v) is 9.54. The van der Waals surface area contributed by atoms with Gasteiger partial charge in [0.25, 0.3) is 0 Å². The molecule has 0 spiro atoms. The molecule has 1 aromatic carbocycles. The molecule has 0 fully saturated rings. The van der Waals surface area contributed by atoms with Gasteiger partial charge in [0.05, 0.1) is 8.07 Å². The minimum absolute atomic E-state index is 0.332. The Morgan fingerprint density at radius 2 is 1.54 bits per heavy atom. The molecular weight excluding hydrogens is 210 g/mol. The lowest BCUT2D eigenvalue weighted by atomic mass is 10.3. The molecule has 0 aliphatic heterocycles. The van der Waals surface area contributed by atoms with Crippen molar-refractivity contribution in [2.45, 2.75) is 19.6 Å². The van der Waals surface area contributed by atoms with Crippen molar-refractivity contribution in [2.24, 2.45) is 0 Å². The molecule has 13 heavy (non-hydrogen) atoms. The Bertz CT molecular complexity index is 331. The fourth-order valence-electron chi connectivity index (χ4n) is 1.10. The van der Waals surface area contributed by atoms with E-state index in [-0.39, 0.29) is 0 Å². The van der Waals surface area contributed by atoms with E-state index >= 15 is 0 Å². The monoisotopic (exact) mass is 220 g/mol. The minimum Gasteiger partial charge on any atom is -0.204 e. The lowest BCUT2D eigenvalue weighted by Gasteiger charge is -2.18. The van der Waals surface area contributed by atoms with Gasteiger partial charge in [-0.2, -0.15) is 0 Å². The van der Waals surface area contributed by atoms with E-state index in [0.29, 0.717) is 5.02 Å². The Morgan fingerprint density at radius 3 is 2.00 bits per heavy atom. The summed E-state index contributed by atoms with van der Waals surface area (Å²) in [6.45, 7) is 6.10. The zero-order chi connectivity index (χ0) is 10.2. The standard InChI is InChI=1S/C9H11ClF2Si/c1-13(2,3)9-5-8(12)7(11)4-6(9)10/h4-5H,1-3H3. The Morgan fingerprint density at radius 1 is 1.08 bits per heavy atom. The molecule has 72 valence electrons. The van der Waals surface area contributed by atoms with E-state index in [4.69, 9.17) is 11.6 Å². The van der Waals surface area contributed by atoms with E-state index in [0.717, 1.165) is 11.3 Å². The Kier molecular flexibility index (Phi) is 2.78. The summed E-state index contributed by atoms with van der Waals surface area (Å²) < 4.78 is 25.6. The maximum Gasteiger partial charge on any atom is 0.160 e. The average molecular weight is 221 g/mol. The highest BCUT2D eigenvalue weighted by atomic mass is 35.5. The average Bonchev–Trinajstić information content (AvgIpc) is 1.94. The molecule has 0 bridgehead atoms. The van der Waals surface area contributed by atoms with Crippen LogP contribution in [0.1, 0.15) is 0 Å². The summed E-state index contributed by atoms with van der Waals surface area (Å²) in [5.41, 5.74) is 0. The van der Waals surface area contributed by atoms with Gasteiger partial charge in [-0.1, -0.05) is 31.2 Å². The van der Waals surface area contributed by atoms with Crippen LogP contribution in [-0.4, -0.2) is 8.07 Å². The fraction of sp³-hybridized carbons (Fsp3) is 0.333. The summed E-state index contributed by atoms with van der Waals surface area (Å²) in [4.78, 5) is 0. The van der Waals surface area contributed by atoms with Gasteiger partial charge >= 0.3 is 0 Å². The van der Waals surface area contributed by atoms with Gasteiger partial charge in [-0.15, -0.1) is 0 Å². The third-order valence-corrected chi connectivity index (χ3v) is 4.32. The summed E-state index contributed by atoms with van der Waals surface area (Å²) in [5, 5.41) is 1.09. The molecule has 4 heteroatoms. The van der Waals surface area contributed by atoms with Crippen molar-refractivity contribution in [3.63, 3.8) is 0 Å². The molecule has 0 unspecified atom stereocenters. The molecule has 1 aromatic rings. The minimum atomic E-state index is -1.67. The first-order valence-electron chi connectivity index (χ1n) is 3.97. The van der Waals surface area contributed by atoms with Gasteiger partial charge < -0.3 is 0 Å². The molecule has 0 N–H and O–H groups in total. The maximum absolute atomic E-state index is 12.9. The molecule has 0 heterocycles. The van der Waals surface area contributed by atoms with Crippen molar-refractivity contribution in [1.82, 2.24) is 0 Å². The quantitative estimate of drug-likeness (QED) is 0.504. The van der Waals surface area contributed by atoms with Gasteiger partial charge in [0, 0.05) is 5.02 Å². The fourth-order valence-corrected chi connectivity index (χ4v) is 3.45. The highest BCUT2D eigenvalue weighted by Gasteiger charge is 2.21. The highest BCUT2D eigenvalue weighted by molar-refractivity contribution is 6.90. The third kappa shape index (κ3) is 2.29. The lowest BCUT2D eigenvalue weighted by molar-refractivity contribution is 0.509. The first-order chi connectivity index (χ1) is 5.82. The van der Waals surface area contributed by atoms with Gasteiger partial charge in [0.1, 0.15) is 0 Å². The first-order valence-corrected chi connectivity index (χ1v) is 7.85. The van der Waals surface area contributed by atoms with E-state index < -0.39 is 19.7 Å². The van der Waals surface area contributed by atoms with E-state index in [1.165, 1.54) is 6.07 Å². The Balaban J connectivity index is 3.32. The molecule has 0 saturated heterocycles.